The first-order valence-electron chi connectivity index (χ1n) is 6.88. The Kier molecular flexibility index (Phi) is 4.95. The van der Waals surface area contributed by atoms with Gasteiger partial charge in [-0.15, -0.1) is 0 Å². The molecule has 2 N–H and O–H groups in total. The minimum Gasteiger partial charge on any atom is -0.508 e. The van der Waals surface area contributed by atoms with Crippen molar-refractivity contribution in [1.29, 1.82) is 0 Å². The standard InChI is InChI=1S/C16H18N2O4/c1-17(11-13-10-15(19)6-7-16(13)20)9-8-12-2-4-14(5-3-12)18(21)22/h2-7,10,19-20H,8-9,11H2,1H3. The number of phenols is 2. The Morgan fingerprint density at radius 2 is 1.82 bits per heavy atom. The van der Waals surface area contributed by atoms with Crippen molar-refractivity contribution >= 4 is 5.69 Å². The van der Waals surface area contributed by atoms with Gasteiger partial charge in [0.15, 0.2) is 0 Å². The number of likely N-dealkylation sites (N-methyl/N-ethyl adjacent to an activating group) is 1. The number of benzene rings is 2. The van der Waals surface area contributed by atoms with E-state index in [9.17, 15) is 20.3 Å². The van der Waals surface area contributed by atoms with Gasteiger partial charge in [0, 0.05) is 30.8 Å². The van der Waals surface area contributed by atoms with Crippen LogP contribution in [0.25, 0.3) is 0 Å². The monoisotopic (exact) mass is 302 g/mol. The lowest BCUT2D eigenvalue weighted by Gasteiger charge is -2.17. The van der Waals surface area contributed by atoms with Gasteiger partial charge in [0.25, 0.3) is 5.69 Å². The van der Waals surface area contributed by atoms with E-state index in [0.717, 1.165) is 18.5 Å². The molecule has 0 fully saturated rings. The summed E-state index contributed by atoms with van der Waals surface area (Å²) in [6, 6.07) is 10.9. The fourth-order valence-electron chi connectivity index (χ4n) is 2.17. The van der Waals surface area contributed by atoms with E-state index < -0.39 is 4.92 Å². The lowest BCUT2D eigenvalue weighted by molar-refractivity contribution is -0.384. The van der Waals surface area contributed by atoms with Crippen LogP contribution < -0.4 is 0 Å². The van der Waals surface area contributed by atoms with Gasteiger partial charge in [0.05, 0.1) is 4.92 Å². The van der Waals surface area contributed by atoms with Crippen molar-refractivity contribution in [3.63, 3.8) is 0 Å². The van der Waals surface area contributed by atoms with Crippen LogP contribution in [0.15, 0.2) is 42.5 Å². The number of hydrogen-bond donors (Lipinski definition) is 2. The van der Waals surface area contributed by atoms with Crippen LogP contribution >= 0.6 is 0 Å². The Bertz CT molecular complexity index is 656. The molecule has 0 aromatic heterocycles. The lowest BCUT2D eigenvalue weighted by Crippen LogP contribution is -2.20. The maximum atomic E-state index is 10.6. The fraction of sp³-hybridized carbons (Fsp3) is 0.250. The zero-order chi connectivity index (χ0) is 16.1. The van der Waals surface area contributed by atoms with Gasteiger partial charge in [0.1, 0.15) is 11.5 Å². The zero-order valence-electron chi connectivity index (χ0n) is 12.3. The predicted octanol–water partition coefficient (Wildman–Crippen LogP) is 2.68. The summed E-state index contributed by atoms with van der Waals surface area (Å²) in [6.45, 7) is 1.24. The summed E-state index contributed by atoms with van der Waals surface area (Å²) in [5.41, 5.74) is 1.76. The highest BCUT2D eigenvalue weighted by Crippen LogP contribution is 2.23. The molecular weight excluding hydrogens is 284 g/mol. The van der Waals surface area contributed by atoms with Gasteiger partial charge in [0.2, 0.25) is 0 Å². The number of aromatic hydroxyl groups is 2. The largest absolute Gasteiger partial charge is 0.508 e. The summed E-state index contributed by atoms with van der Waals surface area (Å²) < 4.78 is 0. The minimum atomic E-state index is -0.416. The van der Waals surface area contributed by atoms with E-state index in [2.05, 4.69) is 0 Å². The molecule has 0 bridgehead atoms. The molecule has 0 aliphatic heterocycles. The topological polar surface area (TPSA) is 86.8 Å². The predicted molar refractivity (Wildman–Crippen MR) is 82.9 cm³/mol. The number of nitro benzene ring substituents is 1. The van der Waals surface area contributed by atoms with Gasteiger partial charge in [-0.05, 0) is 37.2 Å². The molecule has 0 saturated heterocycles. The molecule has 116 valence electrons. The van der Waals surface area contributed by atoms with E-state index in [4.69, 9.17) is 0 Å². The highest BCUT2D eigenvalue weighted by Gasteiger charge is 2.08. The molecule has 0 spiro atoms. The highest BCUT2D eigenvalue weighted by molar-refractivity contribution is 5.38. The van der Waals surface area contributed by atoms with Crippen molar-refractivity contribution in [2.24, 2.45) is 0 Å². The highest BCUT2D eigenvalue weighted by atomic mass is 16.6. The molecule has 0 unspecified atom stereocenters. The Labute approximate surface area is 128 Å². The van der Waals surface area contributed by atoms with Crippen LogP contribution in [0.1, 0.15) is 11.1 Å². The molecule has 0 heterocycles. The first-order valence-corrected chi connectivity index (χ1v) is 6.88. The van der Waals surface area contributed by atoms with Crippen molar-refractivity contribution in [3.8, 4) is 11.5 Å². The van der Waals surface area contributed by atoms with Crippen LogP contribution in [-0.4, -0.2) is 33.6 Å². The van der Waals surface area contributed by atoms with Crippen molar-refractivity contribution in [2.75, 3.05) is 13.6 Å². The third-order valence-electron chi connectivity index (χ3n) is 3.43. The molecule has 2 aromatic carbocycles. The van der Waals surface area contributed by atoms with Crippen molar-refractivity contribution in [1.82, 2.24) is 4.90 Å². The van der Waals surface area contributed by atoms with Crippen LogP contribution in [0, 0.1) is 10.1 Å². The summed E-state index contributed by atoms with van der Waals surface area (Å²) in [6.07, 6.45) is 0.744. The SMILES string of the molecule is CN(CCc1ccc([N+](=O)[O-])cc1)Cc1cc(O)ccc1O. The number of rotatable bonds is 6. The van der Waals surface area contributed by atoms with Crippen LogP contribution in [-0.2, 0) is 13.0 Å². The number of nitrogens with zero attached hydrogens (tertiary/aromatic N) is 2. The Balaban J connectivity index is 1.91. The van der Waals surface area contributed by atoms with Crippen LogP contribution in [0.3, 0.4) is 0 Å². The van der Waals surface area contributed by atoms with Gasteiger partial charge in [-0.25, -0.2) is 0 Å². The number of phenolic OH excluding ortho intramolecular Hbond substituents is 2. The number of hydrogen-bond acceptors (Lipinski definition) is 5. The summed E-state index contributed by atoms with van der Waals surface area (Å²) in [4.78, 5) is 12.2. The van der Waals surface area contributed by atoms with E-state index in [-0.39, 0.29) is 17.2 Å². The van der Waals surface area contributed by atoms with E-state index in [1.165, 1.54) is 30.3 Å². The summed E-state index contributed by atoms with van der Waals surface area (Å²) in [5, 5.41) is 29.8. The Morgan fingerprint density at radius 1 is 1.14 bits per heavy atom. The molecular formula is C16H18N2O4. The molecule has 0 atom stereocenters. The van der Waals surface area contributed by atoms with Crippen LogP contribution in [0.2, 0.25) is 0 Å². The van der Waals surface area contributed by atoms with Crippen molar-refractivity contribution < 1.29 is 15.1 Å². The van der Waals surface area contributed by atoms with Gasteiger partial charge in [-0.3, -0.25) is 10.1 Å². The Morgan fingerprint density at radius 3 is 2.45 bits per heavy atom. The van der Waals surface area contributed by atoms with Crippen molar-refractivity contribution in [3.05, 3.63) is 63.7 Å². The molecule has 0 radical (unpaired) electrons. The molecule has 0 aliphatic rings. The van der Waals surface area contributed by atoms with E-state index in [1.54, 1.807) is 12.1 Å². The smallest absolute Gasteiger partial charge is 0.269 e. The zero-order valence-corrected chi connectivity index (χ0v) is 12.3. The van der Waals surface area contributed by atoms with Gasteiger partial charge in [-0.1, -0.05) is 12.1 Å². The second-order valence-corrected chi connectivity index (χ2v) is 5.22. The average Bonchev–Trinajstić information content (AvgIpc) is 2.49. The second kappa shape index (κ2) is 6.91. The van der Waals surface area contributed by atoms with Gasteiger partial charge < -0.3 is 15.1 Å². The maximum Gasteiger partial charge on any atom is 0.269 e. The third-order valence-corrected chi connectivity index (χ3v) is 3.43. The van der Waals surface area contributed by atoms with Crippen LogP contribution in [0.4, 0.5) is 5.69 Å². The molecule has 6 nitrogen and oxygen atoms in total. The maximum absolute atomic E-state index is 10.6. The second-order valence-electron chi connectivity index (χ2n) is 5.22. The van der Waals surface area contributed by atoms with Crippen molar-refractivity contribution in [2.45, 2.75) is 13.0 Å². The van der Waals surface area contributed by atoms with E-state index in [1.807, 2.05) is 11.9 Å². The fourth-order valence-corrected chi connectivity index (χ4v) is 2.17. The molecule has 0 aliphatic carbocycles. The third kappa shape index (κ3) is 4.20. The average molecular weight is 302 g/mol. The lowest BCUT2D eigenvalue weighted by atomic mass is 10.1. The summed E-state index contributed by atoms with van der Waals surface area (Å²) in [5.74, 6) is 0.275. The summed E-state index contributed by atoms with van der Waals surface area (Å²) in [7, 11) is 1.91. The van der Waals surface area contributed by atoms with Gasteiger partial charge in [-0.2, -0.15) is 0 Å². The quantitative estimate of drug-likeness (QED) is 0.486. The first kappa shape index (κ1) is 15.8. The van der Waals surface area contributed by atoms with E-state index in [0.29, 0.717) is 12.1 Å². The van der Waals surface area contributed by atoms with Gasteiger partial charge >= 0.3 is 0 Å². The van der Waals surface area contributed by atoms with E-state index >= 15 is 0 Å². The summed E-state index contributed by atoms with van der Waals surface area (Å²) >= 11 is 0. The molecule has 6 heteroatoms. The molecule has 22 heavy (non-hydrogen) atoms. The Hall–Kier alpha value is -2.60. The first-order chi connectivity index (χ1) is 10.5. The molecule has 2 rings (SSSR count). The minimum absolute atomic E-state index is 0.0850. The molecule has 2 aromatic rings. The number of non-ortho nitro benzene ring substituents is 1. The molecule has 0 saturated carbocycles. The number of nitro groups is 1. The normalized spacial score (nSPS) is 10.8. The molecule has 0 amide bonds. The van der Waals surface area contributed by atoms with Crippen LogP contribution in [0.5, 0.6) is 11.5 Å².